The second-order valence-electron chi connectivity index (χ2n) is 9.88. The van der Waals surface area contributed by atoms with Crippen LogP contribution in [-0.2, 0) is 14.4 Å². The molecule has 2 aliphatic carbocycles. The van der Waals surface area contributed by atoms with E-state index in [0.717, 1.165) is 22.3 Å². The van der Waals surface area contributed by atoms with Crippen LogP contribution in [0.25, 0.3) is 11.1 Å². The second kappa shape index (κ2) is 7.25. The van der Waals surface area contributed by atoms with Crippen LogP contribution in [0.5, 0.6) is 5.75 Å². The standard InChI is InChI=1S/C30H25NO4/c1-29-22(18-11-6-4-7-12-18)23(19-13-8-5-9-14-19)30(2,28(29)34)25-24(29)26(32)31(27(25)33)20-15-10-16-21(17-20)35-3/h4-17,24-25H,1-3H3/t24-,25-,29+,30+/m1/s1. The van der Waals surface area contributed by atoms with E-state index in [0.29, 0.717) is 11.4 Å². The Hall–Kier alpha value is -3.99. The molecule has 4 atom stereocenters. The van der Waals surface area contributed by atoms with Crippen molar-refractivity contribution in [3.8, 4) is 5.75 Å². The van der Waals surface area contributed by atoms with Gasteiger partial charge in [-0.15, -0.1) is 0 Å². The Kier molecular flexibility index (Phi) is 4.46. The molecule has 6 rings (SSSR count). The molecule has 1 aliphatic heterocycles. The van der Waals surface area contributed by atoms with Crippen LogP contribution in [0.15, 0.2) is 84.9 Å². The zero-order chi connectivity index (χ0) is 24.5. The summed E-state index contributed by atoms with van der Waals surface area (Å²) < 4.78 is 5.33. The summed E-state index contributed by atoms with van der Waals surface area (Å²) in [6.07, 6.45) is 0. The Morgan fingerprint density at radius 1 is 0.686 bits per heavy atom. The lowest BCUT2D eigenvalue weighted by Gasteiger charge is -2.35. The van der Waals surface area contributed by atoms with Crippen molar-refractivity contribution in [3.05, 3.63) is 96.1 Å². The Morgan fingerprint density at radius 2 is 1.17 bits per heavy atom. The predicted molar refractivity (Wildman–Crippen MR) is 133 cm³/mol. The number of carbonyl (C=O) groups is 3. The maximum absolute atomic E-state index is 14.2. The van der Waals surface area contributed by atoms with Crippen LogP contribution < -0.4 is 9.64 Å². The van der Waals surface area contributed by atoms with E-state index in [1.165, 1.54) is 4.90 Å². The van der Waals surface area contributed by atoms with Gasteiger partial charge in [0.1, 0.15) is 5.75 Å². The van der Waals surface area contributed by atoms with Crippen LogP contribution in [0.1, 0.15) is 25.0 Å². The maximum Gasteiger partial charge on any atom is 0.239 e. The number of hydrogen-bond donors (Lipinski definition) is 0. The van der Waals surface area contributed by atoms with Gasteiger partial charge in [0, 0.05) is 6.07 Å². The molecule has 2 amide bonds. The quantitative estimate of drug-likeness (QED) is 0.510. The third-order valence-corrected chi connectivity index (χ3v) is 8.22. The Bertz CT molecular complexity index is 1340. The Morgan fingerprint density at radius 3 is 1.63 bits per heavy atom. The van der Waals surface area contributed by atoms with Gasteiger partial charge in [-0.25, -0.2) is 4.90 Å². The molecule has 1 heterocycles. The monoisotopic (exact) mass is 463 g/mol. The number of methoxy groups -OCH3 is 1. The number of Topliss-reactive ketones (excluding diaryl/α,β-unsaturated/α-hetero) is 1. The third-order valence-electron chi connectivity index (χ3n) is 8.22. The zero-order valence-corrected chi connectivity index (χ0v) is 19.8. The highest BCUT2D eigenvalue weighted by atomic mass is 16.5. The van der Waals surface area contributed by atoms with E-state index in [4.69, 9.17) is 4.74 Å². The zero-order valence-electron chi connectivity index (χ0n) is 19.8. The predicted octanol–water partition coefficient (Wildman–Crippen LogP) is 5.02. The van der Waals surface area contributed by atoms with E-state index < -0.39 is 22.7 Å². The van der Waals surface area contributed by atoms with Gasteiger partial charge < -0.3 is 4.74 Å². The molecule has 5 heteroatoms. The Balaban J connectivity index is 1.60. The fourth-order valence-electron chi connectivity index (χ4n) is 6.81. The molecular formula is C30H25NO4. The minimum atomic E-state index is -1.12. The van der Waals surface area contributed by atoms with Gasteiger partial charge in [0.2, 0.25) is 11.8 Å². The molecule has 5 nitrogen and oxygen atoms in total. The lowest BCUT2D eigenvalue weighted by Crippen LogP contribution is -2.40. The average Bonchev–Trinajstić information content (AvgIpc) is 3.34. The first-order chi connectivity index (χ1) is 16.8. The van der Waals surface area contributed by atoms with Gasteiger partial charge in [0.05, 0.1) is 35.5 Å². The highest BCUT2D eigenvalue weighted by Crippen LogP contribution is 2.73. The number of rotatable bonds is 4. The molecule has 1 saturated heterocycles. The summed E-state index contributed by atoms with van der Waals surface area (Å²) in [5.74, 6) is -1.67. The number of ether oxygens (including phenoxy) is 1. The van der Waals surface area contributed by atoms with Crippen LogP contribution in [0.3, 0.4) is 0 Å². The van der Waals surface area contributed by atoms with Crippen LogP contribution in [-0.4, -0.2) is 24.7 Å². The number of nitrogens with zero attached hydrogens (tertiary/aromatic N) is 1. The number of benzene rings is 3. The number of ketones is 1. The molecule has 0 N–H and O–H groups in total. The van der Waals surface area contributed by atoms with Crippen molar-refractivity contribution in [2.75, 3.05) is 12.0 Å². The van der Waals surface area contributed by atoms with Gasteiger partial charge in [0.15, 0.2) is 5.78 Å². The maximum atomic E-state index is 14.2. The van der Waals surface area contributed by atoms with Crippen molar-refractivity contribution in [2.45, 2.75) is 13.8 Å². The molecular weight excluding hydrogens is 438 g/mol. The van der Waals surface area contributed by atoms with Crippen LogP contribution >= 0.6 is 0 Å². The van der Waals surface area contributed by atoms with E-state index in [1.54, 1.807) is 31.4 Å². The van der Waals surface area contributed by atoms with Gasteiger partial charge >= 0.3 is 0 Å². The van der Waals surface area contributed by atoms with E-state index in [2.05, 4.69) is 0 Å². The summed E-state index contributed by atoms with van der Waals surface area (Å²) in [5.41, 5.74) is 1.75. The van der Waals surface area contributed by atoms with Crippen molar-refractivity contribution >= 4 is 34.4 Å². The van der Waals surface area contributed by atoms with Crippen molar-refractivity contribution < 1.29 is 19.1 Å². The van der Waals surface area contributed by atoms with Crippen molar-refractivity contribution in [1.82, 2.24) is 0 Å². The van der Waals surface area contributed by atoms with E-state index in [1.807, 2.05) is 74.5 Å². The SMILES string of the molecule is COc1cccc(N2C(=O)[C@H]3[C@H](C2=O)[C@@]2(C)C(=O)[C@@]3(C)C(c3ccccc3)=C2c2ccccc2)c1. The number of anilines is 1. The normalized spacial score (nSPS) is 29.2. The van der Waals surface area contributed by atoms with Crippen LogP contribution in [0, 0.1) is 22.7 Å². The highest BCUT2D eigenvalue weighted by molar-refractivity contribution is 6.34. The first-order valence-corrected chi connectivity index (χ1v) is 11.8. The van der Waals surface area contributed by atoms with Crippen LogP contribution in [0.4, 0.5) is 5.69 Å². The molecule has 1 saturated carbocycles. The lowest BCUT2D eigenvalue weighted by molar-refractivity contribution is -0.133. The van der Waals surface area contributed by atoms with Gasteiger partial charge in [-0.1, -0.05) is 66.7 Å². The molecule has 3 aromatic carbocycles. The van der Waals surface area contributed by atoms with Gasteiger partial charge in [-0.3, -0.25) is 14.4 Å². The largest absolute Gasteiger partial charge is 0.497 e. The third kappa shape index (κ3) is 2.55. The molecule has 0 unspecified atom stereocenters. The number of hydrogen-bond acceptors (Lipinski definition) is 4. The number of imide groups is 1. The summed E-state index contributed by atoms with van der Waals surface area (Å²) >= 11 is 0. The average molecular weight is 464 g/mol. The lowest BCUT2D eigenvalue weighted by atomic mass is 9.63. The second-order valence-corrected chi connectivity index (χ2v) is 9.88. The minimum Gasteiger partial charge on any atom is -0.497 e. The van der Waals surface area contributed by atoms with Crippen LogP contribution in [0.2, 0.25) is 0 Å². The molecule has 2 bridgehead atoms. The molecule has 3 aliphatic rings. The summed E-state index contributed by atoms with van der Waals surface area (Å²) in [7, 11) is 1.55. The minimum absolute atomic E-state index is 0.0512. The van der Waals surface area contributed by atoms with E-state index >= 15 is 0 Å². The number of fused-ring (bicyclic) bond motifs is 5. The highest BCUT2D eigenvalue weighted by Gasteiger charge is 2.78. The number of carbonyl (C=O) groups excluding carboxylic acids is 3. The molecule has 174 valence electrons. The first-order valence-electron chi connectivity index (χ1n) is 11.8. The van der Waals surface area contributed by atoms with Crippen molar-refractivity contribution in [1.29, 1.82) is 0 Å². The summed E-state index contributed by atoms with van der Waals surface area (Å²) in [4.78, 5) is 43.5. The summed E-state index contributed by atoms with van der Waals surface area (Å²) in [5, 5.41) is 0. The molecule has 35 heavy (non-hydrogen) atoms. The van der Waals surface area contributed by atoms with Gasteiger partial charge in [-0.05, 0) is 48.3 Å². The topological polar surface area (TPSA) is 63.7 Å². The number of allylic oxidation sites excluding steroid dienone is 2. The van der Waals surface area contributed by atoms with Gasteiger partial charge in [-0.2, -0.15) is 0 Å². The van der Waals surface area contributed by atoms with E-state index in [9.17, 15) is 14.4 Å². The fraction of sp³-hybridized carbons (Fsp3) is 0.233. The summed E-state index contributed by atoms with van der Waals surface area (Å²) in [6, 6.07) is 26.5. The fourth-order valence-corrected chi connectivity index (χ4v) is 6.81. The smallest absolute Gasteiger partial charge is 0.239 e. The van der Waals surface area contributed by atoms with Gasteiger partial charge in [0.25, 0.3) is 0 Å². The van der Waals surface area contributed by atoms with E-state index in [-0.39, 0.29) is 17.6 Å². The van der Waals surface area contributed by atoms with Crippen molar-refractivity contribution in [3.63, 3.8) is 0 Å². The number of amides is 2. The first kappa shape index (κ1) is 21.5. The molecule has 2 fully saturated rings. The summed E-state index contributed by atoms with van der Waals surface area (Å²) in [6.45, 7) is 3.72. The molecule has 0 spiro atoms. The molecule has 3 aromatic rings. The molecule has 0 aromatic heterocycles. The van der Waals surface area contributed by atoms with Crippen molar-refractivity contribution in [2.24, 2.45) is 22.7 Å². The Labute approximate surface area is 204 Å². The molecule has 0 radical (unpaired) electrons.